The van der Waals surface area contributed by atoms with Crippen LogP contribution in [0.3, 0.4) is 0 Å². The minimum atomic E-state index is 0.160. The largest absolute Gasteiger partial charge is 0.447 e. The minimum absolute atomic E-state index is 0.160. The molecule has 3 N–H and O–H groups in total. The molecule has 2 aromatic heterocycles. The maximum Gasteiger partial charge on any atom is 0.208 e. The molecule has 4 heteroatoms. The monoisotopic (exact) mass is 223 g/mol. The highest BCUT2D eigenvalue weighted by Gasteiger charge is 2.15. The van der Waals surface area contributed by atoms with Crippen molar-refractivity contribution < 1.29 is 4.42 Å². The van der Waals surface area contributed by atoms with Crippen LogP contribution in [0, 0.1) is 11.3 Å². The molecular weight excluding hydrogens is 214 g/mol. The topological polar surface area (TPSA) is 78.7 Å². The number of fused-ring (bicyclic) bond motifs is 1. The highest BCUT2D eigenvalue weighted by Crippen LogP contribution is 2.34. The second-order valence-electron chi connectivity index (χ2n) is 3.75. The van der Waals surface area contributed by atoms with Gasteiger partial charge in [0.2, 0.25) is 5.88 Å². The number of nitrogens with one attached hydrogen (secondary N) is 1. The summed E-state index contributed by atoms with van der Waals surface area (Å²) >= 11 is 0. The number of aromatic amines is 1. The van der Waals surface area contributed by atoms with Gasteiger partial charge in [-0.1, -0.05) is 18.2 Å². The van der Waals surface area contributed by atoms with Gasteiger partial charge >= 0.3 is 0 Å². The Morgan fingerprint density at radius 2 is 2.06 bits per heavy atom. The number of para-hydroxylation sites is 1. The molecule has 0 atom stereocenters. The summed E-state index contributed by atoms with van der Waals surface area (Å²) < 4.78 is 5.10. The predicted molar refractivity (Wildman–Crippen MR) is 65.1 cm³/mol. The van der Waals surface area contributed by atoms with Gasteiger partial charge < -0.3 is 15.1 Å². The fourth-order valence-corrected chi connectivity index (χ4v) is 1.98. The average Bonchev–Trinajstić information content (AvgIpc) is 2.92. The number of hydrogen-bond acceptors (Lipinski definition) is 3. The van der Waals surface area contributed by atoms with Crippen molar-refractivity contribution in [2.45, 2.75) is 0 Å². The van der Waals surface area contributed by atoms with Gasteiger partial charge in [-0.05, 0) is 6.07 Å². The van der Waals surface area contributed by atoms with Crippen LogP contribution in [0.15, 0.2) is 41.1 Å². The minimum Gasteiger partial charge on any atom is -0.447 e. The summed E-state index contributed by atoms with van der Waals surface area (Å²) in [6.45, 7) is 0. The van der Waals surface area contributed by atoms with Crippen LogP contribution in [0.2, 0.25) is 0 Å². The van der Waals surface area contributed by atoms with Crippen molar-refractivity contribution >= 4 is 16.8 Å². The van der Waals surface area contributed by atoms with E-state index in [1.165, 1.54) is 6.26 Å². The van der Waals surface area contributed by atoms with Gasteiger partial charge in [0.15, 0.2) is 0 Å². The number of rotatable bonds is 1. The van der Waals surface area contributed by atoms with Gasteiger partial charge in [-0.3, -0.25) is 0 Å². The number of benzene rings is 1. The zero-order valence-electron chi connectivity index (χ0n) is 8.90. The molecular formula is C13H9N3O. The molecule has 1 aromatic carbocycles. The highest BCUT2D eigenvalue weighted by molar-refractivity contribution is 5.97. The van der Waals surface area contributed by atoms with E-state index in [1.807, 2.05) is 30.5 Å². The van der Waals surface area contributed by atoms with Crippen LogP contribution in [0.4, 0.5) is 5.88 Å². The fraction of sp³-hybridized carbons (Fsp3) is 0. The molecule has 4 nitrogen and oxygen atoms in total. The van der Waals surface area contributed by atoms with Crippen LogP contribution in [0.25, 0.3) is 22.0 Å². The molecule has 0 spiro atoms. The molecule has 0 amide bonds. The van der Waals surface area contributed by atoms with Gasteiger partial charge in [-0.25, -0.2) is 0 Å². The number of nitrogens with two attached hydrogens (primary N) is 1. The lowest BCUT2D eigenvalue weighted by atomic mass is 10.0. The highest BCUT2D eigenvalue weighted by atomic mass is 16.3. The number of furan rings is 1. The Morgan fingerprint density at radius 1 is 1.24 bits per heavy atom. The quantitative estimate of drug-likeness (QED) is 0.665. The van der Waals surface area contributed by atoms with Gasteiger partial charge in [0.1, 0.15) is 17.9 Å². The normalized spacial score (nSPS) is 10.5. The van der Waals surface area contributed by atoms with E-state index in [1.54, 1.807) is 0 Å². The standard InChI is InChI=1S/C13H9N3O/c14-5-9-11(7-17-13(9)15)10-6-16-12-4-2-1-3-8(10)12/h1-4,6-7,16H,15H2. The van der Waals surface area contributed by atoms with Gasteiger partial charge in [0.05, 0.1) is 0 Å². The lowest BCUT2D eigenvalue weighted by Crippen LogP contribution is -1.85. The van der Waals surface area contributed by atoms with E-state index in [4.69, 9.17) is 15.4 Å². The molecule has 0 saturated heterocycles. The molecule has 0 unspecified atom stereocenters. The zero-order chi connectivity index (χ0) is 11.8. The molecule has 2 heterocycles. The molecule has 0 radical (unpaired) electrons. The summed E-state index contributed by atoms with van der Waals surface area (Å²) in [5.74, 6) is 0.160. The van der Waals surface area contributed by atoms with Crippen molar-refractivity contribution in [3.05, 3.63) is 42.3 Å². The zero-order valence-corrected chi connectivity index (χ0v) is 8.90. The third-order valence-electron chi connectivity index (χ3n) is 2.81. The molecule has 0 aliphatic heterocycles. The molecule has 3 rings (SSSR count). The summed E-state index contributed by atoms with van der Waals surface area (Å²) in [6.07, 6.45) is 3.37. The van der Waals surface area contributed by atoms with E-state index in [2.05, 4.69) is 11.1 Å². The first-order chi connectivity index (χ1) is 8.31. The SMILES string of the molecule is N#Cc1c(-c2c[nH]c3ccccc23)coc1N. The van der Waals surface area contributed by atoms with Gasteiger partial charge in [0, 0.05) is 28.2 Å². The number of aromatic nitrogens is 1. The first-order valence-electron chi connectivity index (χ1n) is 5.15. The third kappa shape index (κ3) is 1.30. The van der Waals surface area contributed by atoms with Crippen molar-refractivity contribution in [1.29, 1.82) is 5.26 Å². The Labute approximate surface area is 97.3 Å². The summed E-state index contributed by atoms with van der Waals surface area (Å²) in [6, 6.07) is 9.95. The third-order valence-corrected chi connectivity index (χ3v) is 2.81. The molecule has 82 valence electrons. The first kappa shape index (κ1) is 9.55. The molecule has 0 fully saturated rings. The Balaban J connectivity index is 2.32. The second-order valence-corrected chi connectivity index (χ2v) is 3.75. The fourth-order valence-electron chi connectivity index (χ4n) is 1.98. The number of H-pyrrole nitrogens is 1. The Bertz CT molecular complexity index is 731. The van der Waals surface area contributed by atoms with E-state index < -0.39 is 0 Å². The van der Waals surface area contributed by atoms with Gasteiger partial charge in [-0.2, -0.15) is 5.26 Å². The van der Waals surface area contributed by atoms with Gasteiger partial charge in [-0.15, -0.1) is 0 Å². The van der Waals surface area contributed by atoms with E-state index >= 15 is 0 Å². The van der Waals surface area contributed by atoms with Crippen LogP contribution < -0.4 is 5.73 Å². The summed E-state index contributed by atoms with van der Waals surface area (Å²) in [5.41, 5.74) is 8.66. The molecule has 17 heavy (non-hydrogen) atoms. The van der Waals surface area contributed by atoms with Crippen LogP contribution in [-0.4, -0.2) is 4.98 Å². The van der Waals surface area contributed by atoms with Crippen LogP contribution in [0.5, 0.6) is 0 Å². The number of nitrogens with zero attached hydrogens (tertiary/aromatic N) is 1. The summed E-state index contributed by atoms with van der Waals surface area (Å²) in [4.78, 5) is 3.16. The van der Waals surface area contributed by atoms with Crippen molar-refractivity contribution in [3.8, 4) is 17.2 Å². The van der Waals surface area contributed by atoms with Gasteiger partial charge in [0.25, 0.3) is 0 Å². The lowest BCUT2D eigenvalue weighted by molar-refractivity contribution is 0.588. The van der Waals surface area contributed by atoms with Crippen LogP contribution >= 0.6 is 0 Å². The van der Waals surface area contributed by atoms with E-state index in [0.717, 1.165) is 22.0 Å². The first-order valence-corrected chi connectivity index (χ1v) is 5.15. The summed E-state index contributed by atoms with van der Waals surface area (Å²) in [5, 5.41) is 10.1. The number of nitriles is 1. The Morgan fingerprint density at radius 3 is 2.88 bits per heavy atom. The molecule has 0 saturated carbocycles. The lowest BCUT2D eigenvalue weighted by Gasteiger charge is -1.95. The molecule has 0 aliphatic carbocycles. The number of nitrogen functional groups attached to an aromatic ring is 1. The van der Waals surface area contributed by atoms with E-state index in [0.29, 0.717) is 5.56 Å². The predicted octanol–water partition coefficient (Wildman–Crippen LogP) is 2.88. The number of anilines is 1. The average molecular weight is 223 g/mol. The maximum atomic E-state index is 9.06. The van der Waals surface area contributed by atoms with Crippen molar-refractivity contribution in [2.24, 2.45) is 0 Å². The number of hydrogen-bond donors (Lipinski definition) is 2. The van der Waals surface area contributed by atoms with Crippen molar-refractivity contribution in [3.63, 3.8) is 0 Å². The van der Waals surface area contributed by atoms with Crippen molar-refractivity contribution in [1.82, 2.24) is 4.98 Å². The van der Waals surface area contributed by atoms with Crippen molar-refractivity contribution in [2.75, 3.05) is 5.73 Å². The molecule has 3 aromatic rings. The second kappa shape index (κ2) is 3.42. The molecule has 0 bridgehead atoms. The van der Waals surface area contributed by atoms with Crippen LogP contribution in [-0.2, 0) is 0 Å². The molecule has 0 aliphatic rings. The Kier molecular flexibility index (Phi) is 1.92. The van der Waals surface area contributed by atoms with E-state index in [9.17, 15) is 0 Å². The smallest absolute Gasteiger partial charge is 0.208 e. The van der Waals surface area contributed by atoms with Crippen LogP contribution in [0.1, 0.15) is 5.56 Å². The maximum absolute atomic E-state index is 9.06. The summed E-state index contributed by atoms with van der Waals surface area (Å²) in [7, 11) is 0. The Hall–Kier alpha value is -2.67. The van der Waals surface area contributed by atoms with E-state index in [-0.39, 0.29) is 5.88 Å².